The second-order valence-corrected chi connectivity index (χ2v) is 6.09. The summed E-state index contributed by atoms with van der Waals surface area (Å²) in [6.07, 6.45) is 6.09. The molecule has 19 heavy (non-hydrogen) atoms. The summed E-state index contributed by atoms with van der Waals surface area (Å²) in [5.41, 5.74) is 6.07. The van der Waals surface area contributed by atoms with E-state index in [4.69, 9.17) is 5.73 Å². The largest absolute Gasteiger partial charge is 0.396 e. The molecule has 1 aromatic rings. The Hall–Kier alpha value is -1.43. The second kappa shape index (κ2) is 7.89. The van der Waals surface area contributed by atoms with Gasteiger partial charge < -0.3 is 11.1 Å². The fraction of sp³-hybridized carbons (Fsp3) is 0.538. The molecule has 6 heteroatoms. The molecule has 0 aliphatic heterocycles. The molecule has 0 spiro atoms. The summed E-state index contributed by atoms with van der Waals surface area (Å²) < 4.78 is 12.2. The standard InChI is InChI=1S/C13H21N3O2S/c1-3-4-5-7-16-13(17)10(2)19(18)12-6-8-15-9-11(12)14/h6,8-10H,3-5,7,14H2,1-2H3,(H,16,17). The average molecular weight is 283 g/mol. The minimum Gasteiger partial charge on any atom is -0.396 e. The molecule has 0 aliphatic carbocycles. The van der Waals surface area contributed by atoms with Crippen LogP contribution < -0.4 is 11.1 Å². The van der Waals surface area contributed by atoms with Crippen LogP contribution in [0.15, 0.2) is 23.4 Å². The third-order valence-corrected chi connectivity index (χ3v) is 4.46. The zero-order valence-corrected chi connectivity index (χ0v) is 12.2. The molecule has 2 atom stereocenters. The van der Waals surface area contributed by atoms with Crippen LogP contribution in [-0.2, 0) is 15.6 Å². The summed E-state index contributed by atoms with van der Waals surface area (Å²) in [7, 11) is -1.45. The number of nitrogen functional groups attached to an aromatic ring is 1. The summed E-state index contributed by atoms with van der Waals surface area (Å²) in [5.74, 6) is -0.203. The van der Waals surface area contributed by atoms with Gasteiger partial charge in [0.05, 0.1) is 27.6 Å². The van der Waals surface area contributed by atoms with Gasteiger partial charge in [0.15, 0.2) is 0 Å². The number of nitrogens with zero attached hydrogens (tertiary/aromatic N) is 1. The topological polar surface area (TPSA) is 85.1 Å². The molecule has 0 fully saturated rings. The van der Waals surface area contributed by atoms with Gasteiger partial charge in [0.2, 0.25) is 5.91 Å². The highest BCUT2D eigenvalue weighted by molar-refractivity contribution is 7.86. The third kappa shape index (κ3) is 4.63. The Balaban J connectivity index is 2.57. The van der Waals surface area contributed by atoms with E-state index in [1.165, 1.54) is 12.4 Å². The normalized spacial score (nSPS) is 13.8. The summed E-state index contributed by atoms with van der Waals surface area (Å²) in [6, 6.07) is 1.59. The van der Waals surface area contributed by atoms with Gasteiger partial charge in [0, 0.05) is 12.7 Å². The Morgan fingerprint density at radius 2 is 2.26 bits per heavy atom. The van der Waals surface area contributed by atoms with Crippen LogP contribution in [0.25, 0.3) is 0 Å². The van der Waals surface area contributed by atoms with E-state index in [1.807, 2.05) is 0 Å². The summed E-state index contributed by atoms with van der Waals surface area (Å²) in [4.78, 5) is 16.2. The minimum absolute atomic E-state index is 0.203. The van der Waals surface area contributed by atoms with Gasteiger partial charge in [-0.1, -0.05) is 19.8 Å². The van der Waals surface area contributed by atoms with Crippen LogP contribution in [0.3, 0.4) is 0 Å². The Labute approximate surface area is 116 Å². The number of pyridine rings is 1. The quantitative estimate of drug-likeness (QED) is 0.742. The Morgan fingerprint density at radius 3 is 2.89 bits per heavy atom. The van der Waals surface area contributed by atoms with Crippen molar-refractivity contribution in [3.63, 3.8) is 0 Å². The first-order valence-corrected chi connectivity index (χ1v) is 7.67. The molecule has 0 aromatic carbocycles. The van der Waals surface area contributed by atoms with Crippen LogP contribution in [0.4, 0.5) is 5.69 Å². The number of carbonyl (C=O) groups is 1. The van der Waals surface area contributed by atoms with Crippen molar-refractivity contribution in [3.8, 4) is 0 Å². The Bertz CT molecular complexity index is 451. The zero-order chi connectivity index (χ0) is 14.3. The van der Waals surface area contributed by atoms with Crippen molar-refractivity contribution in [2.75, 3.05) is 12.3 Å². The second-order valence-electron chi connectivity index (χ2n) is 4.35. The SMILES string of the molecule is CCCCCNC(=O)C(C)S(=O)c1ccncc1N. The molecule has 0 radical (unpaired) electrons. The molecule has 0 aliphatic rings. The first-order valence-electron chi connectivity index (χ1n) is 6.45. The molecule has 1 aromatic heterocycles. The van der Waals surface area contributed by atoms with E-state index in [0.29, 0.717) is 17.1 Å². The number of nitrogens with two attached hydrogens (primary N) is 1. The van der Waals surface area contributed by atoms with Crippen molar-refractivity contribution in [2.45, 2.75) is 43.3 Å². The number of nitrogens with one attached hydrogen (secondary N) is 1. The molecule has 1 heterocycles. The fourth-order valence-corrected chi connectivity index (χ4v) is 2.73. The van der Waals surface area contributed by atoms with Gasteiger partial charge in [0.25, 0.3) is 0 Å². The molecule has 106 valence electrons. The molecule has 1 rings (SSSR count). The first-order chi connectivity index (χ1) is 9.07. The molecule has 0 saturated heterocycles. The van der Waals surface area contributed by atoms with Gasteiger partial charge in [-0.2, -0.15) is 0 Å². The Kier molecular flexibility index (Phi) is 6.49. The summed E-state index contributed by atoms with van der Waals surface area (Å²) in [6.45, 7) is 4.37. The highest BCUT2D eigenvalue weighted by atomic mass is 32.2. The lowest BCUT2D eigenvalue weighted by molar-refractivity contribution is -0.120. The third-order valence-electron chi connectivity index (χ3n) is 2.80. The Morgan fingerprint density at radius 1 is 1.53 bits per heavy atom. The number of aromatic nitrogens is 1. The predicted molar refractivity (Wildman–Crippen MR) is 77.1 cm³/mol. The van der Waals surface area contributed by atoms with Gasteiger partial charge in [-0.05, 0) is 19.4 Å². The number of amides is 1. The van der Waals surface area contributed by atoms with E-state index < -0.39 is 16.0 Å². The molecule has 3 N–H and O–H groups in total. The van der Waals surface area contributed by atoms with E-state index >= 15 is 0 Å². The van der Waals surface area contributed by atoms with E-state index in [0.717, 1.165) is 19.3 Å². The van der Waals surface area contributed by atoms with Crippen molar-refractivity contribution >= 4 is 22.4 Å². The average Bonchev–Trinajstić information content (AvgIpc) is 2.42. The lowest BCUT2D eigenvalue weighted by atomic mass is 10.2. The van der Waals surface area contributed by atoms with Crippen molar-refractivity contribution < 1.29 is 9.00 Å². The molecule has 2 unspecified atom stereocenters. The number of carbonyl (C=O) groups excluding carboxylic acids is 1. The maximum Gasteiger partial charge on any atom is 0.235 e. The number of hydrogen-bond donors (Lipinski definition) is 2. The van der Waals surface area contributed by atoms with Gasteiger partial charge in [0.1, 0.15) is 5.25 Å². The lowest BCUT2D eigenvalue weighted by Crippen LogP contribution is -2.36. The van der Waals surface area contributed by atoms with E-state index in [-0.39, 0.29) is 5.91 Å². The van der Waals surface area contributed by atoms with Gasteiger partial charge >= 0.3 is 0 Å². The molecule has 5 nitrogen and oxygen atoms in total. The van der Waals surface area contributed by atoms with Crippen molar-refractivity contribution in [1.82, 2.24) is 10.3 Å². The predicted octanol–water partition coefficient (Wildman–Crippen LogP) is 1.47. The smallest absolute Gasteiger partial charge is 0.235 e. The minimum atomic E-state index is -1.45. The van der Waals surface area contributed by atoms with Crippen LogP contribution >= 0.6 is 0 Å². The molecular weight excluding hydrogens is 262 g/mol. The zero-order valence-electron chi connectivity index (χ0n) is 11.4. The monoisotopic (exact) mass is 283 g/mol. The van der Waals surface area contributed by atoms with E-state index in [2.05, 4.69) is 17.2 Å². The first kappa shape index (κ1) is 15.6. The molecule has 1 amide bonds. The number of unbranched alkanes of at least 4 members (excludes halogenated alkanes) is 2. The lowest BCUT2D eigenvalue weighted by Gasteiger charge is -2.13. The highest BCUT2D eigenvalue weighted by Gasteiger charge is 2.22. The summed E-state index contributed by atoms with van der Waals surface area (Å²) in [5, 5.41) is 2.18. The van der Waals surface area contributed by atoms with Crippen LogP contribution in [-0.4, -0.2) is 26.9 Å². The molecule has 0 bridgehead atoms. The van der Waals surface area contributed by atoms with E-state index in [9.17, 15) is 9.00 Å². The maximum absolute atomic E-state index is 12.2. The summed E-state index contributed by atoms with van der Waals surface area (Å²) >= 11 is 0. The van der Waals surface area contributed by atoms with Crippen LogP contribution in [0, 0.1) is 0 Å². The van der Waals surface area contributed by atoms with Gasteiger partial charge in [-0.15, -0.1) is 0 Å². The molecular formula is C13H21N3O2S. The number of rotatable bonds is 7. The highest BCUT2D eigenvalue weighted by Crippen LogP contribution is 2.17. The van der Waals surface area contributed by atoms with Crippen LogP contribution in [0.2, 0.25) is 0 Å². The van der Waals surface area contributed by atoms with Crippen molar-refractivity contribution in [3.05, 3.63) is 18.5 Å². The van der Waals surface area contributed by atoms with Crippen LogP contribution in [0.5, 0.6) is 0 Å². The van der Waals surface area contributed by atoms with Gasteiger partial charge in [-0.3, -0.25) is 14.0 Å². The molecule has 0 saturated carbocycles. The maximum atomic E-state index is 12.2. The van der Waals surface area contributed by atoms with Crippen molar-refractivity contribution in [2.24, 2.45) is 0 Å². The van der Waals surface area contributed by atoms with Crippen LogP contribution in [0.1, 0.15) is 33.1 Å². The van der Waals surface area contributed by atoms with E-state index in [1.54, 1.807) is 13.0 Å². The fourth-order valence-electron chi connectivity index (χ4n) is 1.60. The van der Waals surface area contributed by atoms with Crippen molar-refractivity contribution in [1.29, 1.82) is 0 Å². The van der Waals surface area contributed by atoms with Gasteiger partial charge in [-0.25, -0.2) is 0 Å². The number of hydrogen-bond acceptors (Lipinski definition) is 4. The number of anilines is 1.